The first kappa shape index (κ1) is 33.0. The van der Waals surface area contributed by atoms with E-state index < -0.39 is 52.8 Å². The van der Waals surface area contributed by atoms with Crippen molar-refractivity contribution in [2.75, 3.05) is 19.9 Å². The molecule has 1 N–H and O–H groups in total. The molecule has 1 saturated heterocycles. The summed E-state index contributed by atoms with van der Waals surface area (Å²) in [6, 6.07) is 12.5. The van der Waals surface area contributed by atoms with Crippen molar-refractivity contribution in [1.82, 2.24) is 19.5 Å². The molecular weight excluding hydrogens is 625 g/mol. The second kappa shape index (κ2) is 13.4. The van der Waals surface area contributed by atoms with E-state index in [9.17, 15) is 36.4 Å². The molecule has 14 nitrogen and oxygen atoms in total. The Labute approximate surface area is 255 Å². The van der Waals surface area contributed by atoms with E-state index in [2.05, 4.69) is 20.0 Å². The van der Waals surface area contributed by atoms with E-state index in [0.717, 1.165) is 33.5 Å². The van der Waals surface area contributed by atoms with Gasteiger partial charge in [-0.15, -0.1) is 5.01 Å². The Bertz CT molecular complexity index is 1660. The van der Waals surface area contributed by atoms with Gasteiger partial charge in [-0.25, -0.2) is 22.6 Å². The molecule has 18 heteroatoms. The SMILES string of the molecule is Cc1ccc(-c2cc(C(F)(F)F)nn2-c2ccc(S(=O)(=O)NC(=O)C3CCN([N+]([O-])=NOCOC(=O)OC(C)C)C3)cc2)cc1. The van der Waals surface area contributed by atoms with Gasteiger partial charge in [0.15, 0.2) is 5.69 Å². The highest BCUT2D eigenvalue weighted by Crippen LogP contribution is 2.33. The average molecular weight is 655 g/mol. The van der Waals surface area contributed by atoms with Crippen molar-refractivity contribution < 1.29 is 50.5 Å². The molecule has 0 saturated carbocycles. The monoisotopic (exact) mass is 654 g/mol. The van der Waals surface area contributed by atoms with Crippen molar-refractivity contribution >= 4 is 22.1 Å². The Morgan fingerprint density at radius 2 is 1.82 bits per heavy atom. The quantitative estimate of drug-likeness (QED) is 0.0830. The van der Waals surface area contributed by atoms with Crippen LogP contribution in [0.5, 0.6) is 0 Å². The number of hydrogen-bond donors (Lipinski definition) is 1. The molecule has 1 aromatic heterocycles. The zero-order valence-electron chi connectivity index (χ0n) is 24.2. The molecule has 0 radical (unpaired) electrons. The van der Waals surface area contributed by atoms with Gasteiger partial charge in [-0.3, -0.25) is 4.79 Å². The van der Waals surface area contributed by atoms with Crippen LogP contribution in [-0.2, 0) is 35.3 Å². The van der Waals surface area contributed by atoms with Gasteiger partial charge in [-0.2, -0.15) is 18.3 Å². The van der Waals surface area contributed by atoms with E-state index in [1.165, 1.54) is 12.1 Å². The summed E-state index contributed by atoms with van der Waals surface area (Å²) >= 11 is 0. The minimum atomic E-state index is -4.71. The van der Waals surface area contributed by atoms with Crippen LogP contribution in [0.3, 0.4) is 0 Å². The van der Waals surface area contributed by atoms with Crippen molar-refractivity contribution in [2.45, 2.75) is 44.4 Å². The lowest BCUT2D eigenvalue weighted by molar-refractivity contribution is -0.708. The number of carbonyl (C=O) groups is 2. The van der Waals surface area contributed by atoms with E-state index in [1.807, 2.05) is 11.6 Å². The van der Waals surface area contributed by atoms with E-state index in [1.54, 1.807) is 38.1 Å². The Balaban J connectivity index is 1.40. The summed E-state index contributed by atoms with van der Waals surface area (Å²) in [7, 11) is -4.38. The Kier molecular flexibility index (Phi) is 9.84. The number of nitrogens with one attached hydrogen (secondary N) is 1. The van der Waals surface area contributed by atoms with Crippen molar-refractivity contribution in [3.05, 3.63) is 71.1 Å². The number of nitrogens with zero attached hydrogens (tertiary/aromatic N) is 5. The molecule has 45 heavy (non-hydrogen) atoms. The summed E-state index contributed by atoms with van der Waals surface area (Å²) in [5.74, 6) is -1.77. The van der Waals surface area contributed by atoms with Crippen LogP contribution in [0.15, 0.2) is 64.8 Å². The van der Waals surface area contributed by atoms with Crippen molar-refractivity contribution in [2.24, 2.45) is 11.2 Å². The van der Waals surface area contributed by atoms with Crippen LogP contribution in [0, 0.1) is 18.0 Å². The Hall–Kier alpha value is -4.87. The maximum Gasteiger partial charge on any atom is 0.511 e. The van der Waals surface area contributed by atoms with Gasteiger partial charge >= 0.3 is 12.3 Å². The maximum absolute atomic E-state index is 13.5. The standard InChI is InChI=1S/C27H29F3N6O8S/c1-17(2)44-26(38)42-16-43-33-36(39)34-13-12-20(15-34)25(37)32-45(40,41)22-10-8-21(9-11-22)35-23(14-24(31-35)27(28,29)30)19-6-4-18(3)5-7-19/h4-11,14,17,20H,12-13,15-16H2,1-3H3,(H,32,37). The highest BCUT2D eigenvalue weighted by molar-refractivity contribution is 7.90. The smallest absolute Gasteiger partial charge is 0.511 e. The zero-order chi connectivity index (χ0) is 32.9. The molecule has 0 aliphatic carbocycles. The number of rotatable bonds is 10. The van der Waals surface area contributed by atoms with Crippen LogP contribution < -0.4 is 4.72 Å². The van der Waals surface area contributed by atoms with Crippen LogP contribution in [0.1, 0.15) is 31.5 Å². The number of sulfonamides is 1. The van der Waals surface area contributed by atoms with Gasteiger partial charge in [0, 0.05) is 5.56 Å². The minimum absolute atomic E-state index is 0.0436. The van der Waals surface area contributed by atoms with E-state index in [0.29, 0.717) is 5.56 Å². The van der Waals surface area contributed by atoms with Crippen LogP contribution in [0.4, 0.5) is 18.0 Å². The van der Waals surface area contributed by atoms with Crippen LogP contribution in [-0.4, -0.2) is 66.2 Å². The number of halogens is 3. The third kappa shape index (κ3) is 8.40. The van der Waals surface area contributed by atoms with E-state index in [4.69, 9.17) is 4.74 Å². The van der Waals surface area contributed by atoms with Gasteiger partial charge in [-0.05, 0) is 57.5 Å². The Morgan fingerprint density at radius 3 is 2.44 bits per heavy atom. The third-order valence-corrected chi connectivity index (χ3v) is 7.80. The molecule has 3 aromatic rings. The summed E-state index contributed by atoms with van der Waals surface area (Å²) in [4.78, 5) is 28.4. The number of aryl methyl sites for hydroxylation is 1. The lowest BCUT2D eigenvalue weighted by Crippen LogP contribution is -2.37. The predicted octanol–water partition coefficient (Wildman–Crippen LogP) is 4.32. The molecule has 2 aromatic carbocycles. The van der Waals surface area contributed by atoms with E-state index in [-0.39, 0.29) is 40.8 Å². The van der Waals surface area contributed by atoms with Gasteiger partial charge in [-0.1, -0.05) is 29.8 Å². The van der Waals surface area contributed by atoms with Gasteiger partial charge in [0.2, 0.25) is 11.2 Å². The first-order chi connectivity index (χ1) is 21.1. The second-order valence-corrected chi connectivity index (χ2v) is 11.9. The fourth-order valence-electron chi connectivity index (χ4n) is 4.22. The molecule has 4 rings (SSSR count). The van der Waals surface area contributed by atoms with Crippen molar-refractivity contribution in [1.29, 1.82) is 0 Å². The number of alkyl halides is 3. The maximum atomic E-state index is 13.5. The Morgan fingerprint density at radius 1 is 1.16 bits per heavy atom. The third-order valence-electron chi connectivity index (χ3n) is 6.44. The molecule has 1 atom stereocenters. The number of aromatic nitrogens is 2. The molecule has 1 fully saturated rings. The summed E-state index contributed by atoms with van der Waals surface area (Å²) in [5.41, 5.74) is 0.547. The summed E-state index contributed by atoms with van der Waals surface area (Å²) in [6.07, 6.45) is -6.03. The molecule has 0 spiro atoms. The molecule has 2 heterocycles. The minimum Gasteiger partial charge on any atom is -0.569 e. The fourth-order valence-corrected chi connectivity index (χ4v) is 5.27. The molecule has 1 aliphatic heterocycles. The van der Waals surface area contributed by atoms with Gasteiger partial charge in [0.25, 0.3) is 16.8 Å². The zero-order valence-corrected chi connectivity index (χ0v) is 25.0. The number of benzene rings is 2. The molecule has 1 amide bonds. The first-order valence-electron chi connectivity index (χ1n) is 13.4. The number of carbonyl (C=O) groups excluding carboxylic acids is 2. The van der Waals surface area contributed by atoms with Gasteiger partial charge < -0.3 is 19.5 Å². The largest absolute Gasteiger partial charge is 0.569 e. The molecule has 1 aliphatic rings. The fraction of sp³-hybridized carbons (Fsp3) is 0.370. The highest BCUT2D eigenvalue weighted by Gasteiger charge is 2.36. The number of ether oxygens (including phenoxy) is 2. The molecule has 1 unspecified atom stereocenters. The second-order valence-electron chi connectivity index (χ2n) is 10.2. The number of hydrogen-bond acceptors (Lipinski definition) is 10. The van der Waals surface area contributed by atoms with E-state index >= 15 is 0 Å². The van der Waals surface area contributed by atoms with Crippen molar-refractivity contribution in [3.8, 4) is 16.9 Å². The lowest BCUT2D eigenvalue weighted by atomic mass is 10.1. The summed E-state index contributed by atoms with van der Waals surface area (Å²) in [5, 5.41) is 20.1. The summed E-state index contributed by atoms with van der Waals surface area (Å²) in [6.45, 7) is 4.21. The summed E-state index contributed by atoms with van der Waals surface area (Å²) < 4.78 is 78.6. The predicted molar refractivity (Wildman–Crippen MR) is 148 cm³/mol. The first-order valence-corrected chi connectivity index (χ1v) is 14.9. The highest BCUT2D eigenvalue weighted by atomic mass is 32.2. The van der Waals surface area contributed by atoms with Gasteiger partial charge in [0.05, 0.1) is 46.4 Å². The molecule has 0 bridgehead atoms. The normalized spacial score (nSPS) is 15.7. The van der Waals surface area contributed by atoms with Crippen molar-refractivity contribution in [3.63, 3.8) is 0 Å². The van der Waals surface area contributed by atoms with Crippen LogP contribution in [0.25, 0.3) is 16.9 Å². The van der Waals surface area contributed by atoms with Gasteiger partial charge in [0.1, 0.15) is 0 Å². The molecule has 242 valence electrons. The number of amides is 1. The van der Waals surface area contributed by atoms with Crippen LogP contribution in [0.2, 0.25) is 0 Å². The van der Waals surface area contributed by atoms with Crippen LogP contribution >= 0.6 is 0 Å². The molecular formula is C27H29F3N6O8S. The lowest BCUT2D eigenvalue weighted by Gasteiger charge is -2.13. The number of hydrazine groups is 1. The average Bonchev–Trinajstić information content (AvgIpc) is 3.64. The topological polar surface area (TPSA) is 167 Å².